The predicted molar refractivity (Wildman–Crippen MR) is 54.1 cm³/mol. The number of rotatable bonds is 8. The van der Waals surface area contributed by atoms with E-state index >= 15 is 0 Å². The molecule has 0 spiro atoms. The van der Waals surface area contributed by atoms with Crippen LogP contribution in [0.15, 0.2) is 12.2 Å². The normalized spacial score (nSPS) is 14.6. The monoisotopic (exact) mass is 298 g/mol. The van der Waals surface area contributed by atoms with E-state index < -0.39 is 30.3 Å². The first kappa shape index (κ1) is 18.2. The van der Waals surface area contributed by atoms with Crippen molar-refractivity contribution in [3.05, 3.63) is 12.2 Å². The fourth-order valence-electron chi connectivity index (χ4n) is 1.21. The van der Waals surface area contributed by atoms with E-state index in [1.807, 2.05) is 6.92 Å². The Balaban J connectivity index is 4.87. The summed E-state index contributed by atoms with van der Waals surface area (Å²) in [6.45, 7) is 1.82. The lowest BCUT2D eigenvalue weighted by molar-refractivity contribution is -0.325. The maximum atomic E-state index is 12.9. The highest BCUT2D eigenvalue weighted by Crippen LogP contribution is 2.49. The van der Waals surface area contributed by atoms with Gasteiger partial charge in [0.15, 0.2) is 0 Å². The van der Waals surface area contributed by atoms with E-state index in [9.17, 15) is 35.1 Å². The van der Waals surface area contributed by atoms with Crippen LogP contribution in [-0.4, -0.2) is 24.2 Å². The van der Waals surface area contributed by atoms with E-state index in [1.54, 1.807) is 0 Å². The smallest absolute Gasteiger partial charge is 0.203 e. The first-order valence-corrected chi connectivity index (χ1v) is 5.60. The van der Waals surface area contributed by atoms with Crippen molar-refractivity contribution in [2.75, 3.05) is 0 Å². The van der Waals surface area contributed by atoms with Crippen LogP contribution < -0.4 is 0 Å². The average molecular weight is 298 g/mol. The van der Waals surface area contributed by atoms with Gasteiger partial charge in [-0.15, -0.1) is 0 Å². The molecule has 0 saturated heterocycles. The summed E-state index contributed by atoms with van der Waals surface area (Å²) < 4.78 is 99.7. The van der Waals surface area contributed by atoms with Crippen LogP contribution in [-0.2, 0) is 0 Å². The lowest BCUT2D eigenvalue weighted by atomic mass is 10.0. The summed E-state index contributed by atoms with van der Waals surface area (Å²) in [6, 6.07) is 0. The van der Waals surface area contributed by atoms with Crippen LogP contribution in [0, 0.1) is 0 Å². The molecule has 19 heavy (non-hydrogen) atoms. The molecule has 0 bridgehead atoms. The Hall–Kier alpha value is -0.820. The maximum absolute atomic E-state index is 12.9. The second-order valence-electron chi connectivity index (χ2n) is 4.02. The highest BCUT2D eigenvalue weighted by atomic mass is 19.4. The zero-order valence-corrected chi connectivity index (χ0v) is 10.1. The summed E-state index contributed by atoms with van der Waals surface area (Å²) >= 11 is 0. The first-order chi connectivity index (χ1) is 8.50. The highest BCUT2D eigenvalue weighted by Gasteiger charge is 2.74. The van der Waals surface area contributed by atoms with Crippen molar-refractivity contribution in [3.63, 3.8) is 0 Å². The second-order valence-corrected chi connectivity index (χ2v) is 4.02. The van der Waals surface area contributed by atoms with Crippen molar-refractivity contribution in [1.82, 2.24) is 0 Å². The van der Waals surface area contributed by atoms with Gasteiger partial charge in [0.05, 0.1) is 0 Å². The van der Waals surface area contributed by atoms with Crippen molar-refractivity contribution >= 4 is 0 Å². The van der Waals surface area contributed by atoms with Gasteiger partial charge in [0, 0.05) is 0 Å². The SMILES string of the molecule is CCCCC/C=C/C(F)(F)C(F)(F)C(F)(F)C(F)F. The number of hydrogen-bond donors (Lipinski definition) is 0. The van der Waals surface area contributed by atoms with Gasteiger partial charge in [-0.2, -0.15) is 26.3 Å². The quantitative estimate of drug-likeness (QED) is 0.324. The van der Waals surface area contributed by atoms with E-state index in [2.05, 4.69) is 0 Å². The lowest BCUT2D eigenvalue weighted by Crippen LogP contribution is -2.56. The van der Waals surface area contributed by atoms with Crippen LogP contribution in [0.2, 0.25) is 0 Å². The number of unbranched alkanes of at least 4 members (excludes halogenated alkanes) is 3. The van der Waals surface area contributed by atoms with Gasteiger partial charge in [-0.25, -0.2) is 8.78 Å². The van der Waals surface area contributed by atoms with Gasteiger partial charge in [0.2, 0.25) is 0 Å². The topological polar surface area (TPSA) is 0 Å². The molecule has 0 aromatic heterocycles. The van der Waals surface area contributed by atoms with Crippen LogP contribution in [0.5, 0.6) is 0 Å². The first-order valence-electron chi connectivity index (χ1n) is 5.60. The molecule has 0 radical (unpaired) electrons. The summed E-state index contributed by atoms with van der Waals surface area (Å²) in [6.07, 6.45) is -2.89. The van der Waals surface area contributed by atoms with E-state index in [0.717, 1.165) is 6.42 Å². The number of alkyl halides is 8. The largest absolute Gasteiger partial charge is 0.381 e. The fourth-order valence-corrected chi connectivity index (χ4v) is 1.21. The van der Waals surface area contributed by atoms with E-state index in [-0.39, 0.29) is 6.42 Å². The molecule has 0 N–H and O–H groups in total. The Kier molecular flexibility index (Phi) is 6.28. The molecule has 0 amide bonds. The number of hydrogen-bond acceptors (Lipinski definition) is 0. The van der Waals surface area contributed by atoms with E-state index in [1.165, 1.54) is 0 Å². The third-order valence-corrected chi connectivity index (χ3v) is 2.41. The molecule has 0 rings (SSSR count). The molecule has 8 heteroatoms. The standard InChI is InChI=1S/C11H14F8/c1-2-3-4-5-6-7-9(14,15)11(18,19)10(16,17)8(12)13/h6-8H,2-5H2,1H3/b7-6+. The van der Waals surface area contributed by atoms with Gasteiger partial charge in [-0.05, 0) is 18.9 Å². The Morgan fingerprint density at radius 2 is 1.47 bits per heavy atom. The summed E-state index contributed by atoms with van der Waals surface area (Å²) in [5.41, 5.74) is 0. The Morgan fingerprint density at radius 3 is 1.89 bits per heavy atom. The van der Waals surface area contributed by atoms with E-state index in [0.29, 0.717) is 18.9 Å². The van der Waals surface area contributed by atoms with Crippen LogP contribution in [0.1, 0.15) is 32.6 Å². The number of halogens is 8. The van der Waals surface area contributed by atoms with Gasteiger partial charge in [-0.3, -0.25) is 0 Å². The highest BCUT2D eigenvalue weighted by molar-refractivity contribution is 5.08. The average Bonchev–Trinajstić information content (AvgIpc) is 2.27. The van der Waals surface area contributed by atoms with Crippen molar-refractivity contribution in [2.24, 2.45) is 0 Å². The van der Waals surface area contributed by atoms with Crippen molar-refractivity contribution in [2.45, 2.75) is 56.8 Å². The summed E-state index contributed by atoms with van der Waals surface area (Å²) in [7, 11) is 0. The lowest BCUT2D eigenvalue weighted by Gasteiger charge is -2.30. The molecule has 0 unspecified atom stereocenters. The summed E-state index contributed by atoms with van der Waals surface area (Å²) in [5.74, 6) is -17.6. The summed E-state index contributed by atoms with van der Waals surface area (Å²) in [5, 5.41) is 0. The molecule has 0 fully saturated rings. The minimum absolute atomic E-state index is 0.0141. The van der Waals surface area contributed by atoms with Crippen LogP contribution in [0.25, 0.3) is 0 Å². The van der Waals surface area contributed by atoms with E-state index in [4.69, 9.17) is 0 Å². The van der Waals surface area contributed by atoms with Crippen LogP contribution >= 0.6 is 0 Å². The molecule has 0 atom stereocenters. The molecule has 0 aliphatic heterocycles. The van der Waals surface area contributed by atoms with Crippen molar-refractivity contribution in [3.8, 4) is 0 Å². The summed E-state index contributed by atoms with van der Waals surface area (Å²) in [4.78, 5) is 0. The Morgan fingerprint density at radius 1 is 0.947 bits per heavy atom. The van der Waals surface area contributed by atoms with Crippen molar-refractivity contribution < 1.29 is 35.1 Å². The Labute approximate surface area is 105 Å². The molecule has 0 nitrogen and oxygen atoms in total. The molecule has 0 heterocycles. The fraction of sp³-hybridized carbons (Fsp3) is 0.818. The van der Waals surface area contributed by atoms with Crippen LogP contribution in [0.4, 0.5) is 35.1 Å². The van der Waals surface area contributed by atoms with Gasteiger partial charge < -0.3 is 0 Å². The maximum Gasteiger partial charge on any atom is 0.381 e. The predicted octanol–water partition coefficient (Wildman–Crippen LogP) is 5.29. The van der Waals surface area contributed by atoms with Crippen LogP contribution in [0.3, 0.4) is 0 Å². The minimum atomic E-state index is -6.14. The number of allylic oxidation sites excluding steroid dienone is 2. The van der Waals surface area contributed by atoms with Gasteiger partial charge >= 0.3 is 24.2 Å². The van der Waals surface area contributed by atoms with Gasteiger partial charge in [0.1, 0.15) is 0 Å². The third kappa shape index (κ3) is 4.07. The molecule has 0 aliphatic rings. The zero-order chi connectivity index (χ0) is 15.3. The molecular weight excluding hydrogens is 284 g/mol. The molecule has 0 aromatic rings. The third-order valence-electron chi connectivity index (χ3n) is 2.41. The second kappa shape index (κ2) is 6.56. The minimum Gasteiger partial charge on any atom is -0.203 e. The Bertz CT molecular complexity index is 295. The zero-order valence-electron chi connectivity index (χ0n) is 10.1. The molecule has 0 saturated carbocycles. The molecule has 0 aliphatic carbocycles. The van der Waals surface area contributed by atoms with Gasteiger partial charge in [-0.1, -0.05) is 25.8 Å². The molecule has 0 aromatic carbocycles. The molecule has 114 valence electrons. The van der Waals surface area contributed by atoms with Crippen molar-refractivity contribution in [1.29, 1.82) is 0 Å². The molecular formula is C11H14F8. The van der Waals surface area contributed by atoms with Gasteiger partial charge in [0.25, 0.3) is 0 Å².